The summed E-state index contributed by atoms with van der Waals surface area (Å²) in [7, 11) is 0. The first-order valence-electron chi connectivity index (χ1n) is 14.5. The van der Waals surface area contributed by atoms with Gasteiger partial charge in [0, 0.05) is 28.7 Å². The Morgan fingerprint density at radius 3 is 2.00 bits per heavy atom. The molecule has 0 spiro atoms. The average molecular weight is 505 g/mol. The standard InChI is InChI=1S/C34H48O3/c1-6-9-12-15-30(31-24-29(20-21-32(31)35)33(36)22-25(4)5)34(37)28-18-16-27(17-19-28)23-26(13-10-7-2)14-11-8-3/h15-21,24-26,35H,6-14,22-23H2,1-5H3/b30-15-. The Balaban J connectivity index is 2.32. The van der Waals surface area contributed by atoms with Crippen LogP contribution in [0.2, 0.25) is 0 Å². The van der Waals surface area contributed by atoms with Crippen molar-refractivity contribution < 1.29 is 14.7 Å². The molecule has 2 aromatic carbocycles. The summed E-state index contributed by atoms with van der Waals surface area (Å²) < 4.78 is 0. The van der Waals surface area contributed by atoms with Crippen molar-refractivity contribution in [3.8, 4) is 5.75 Å². The lowest BCUT2D eigenvalue weighted by atomic mass is 9.88. The number of carbonyl (C=O) groups excluding carboxylic acids is 2. The number of hydrogen-bond donors (Lipinski definition) is 1. The molecule has 0 bridgehead atoms. The third-order valence-corrected chi connectivity index (χ3v) is 7.03. The second kappa shape index (κ2) is 16.2. The van der Waals surface area contributed by atoms with Crippen molar-refractivity contribution in [2.75, 3.05) is 0 Å². The zero-order chi connectivity index (χ0) is 27.2. The van der Waals surface area contributed by atoms with Crippen molar-refractivity contribution in [2.24, 2.45) is 11.8 Å². The lowest BCUT2D eigenvalue weighted by molar-refractivity contribution is 0.0966. The molecule has 0 aliphatic carbocycles. The molecule has 2 rings (SSSR count). The summed E-state index contributed by atoms with van der Waals surface area (Å²) in [4.78, 5) is 26.4. The maximum atomic E-state index is 13.7. The Bertz CT molecular complexity index is 1010. The Morgan fingerprint density at radius 2 is 1.43 bits per heavy atom. The molecule has 0 unspecified atom stereocenters. The van der Waals surface area contributed by atoms with Gasteiger partial charge in [-0.1, -0.05) is 116 Å². The number of allylic oxidation sites excluding steroid dienone is 2. The molecule has 0 radical (unpaired) electrons. The van der Waals surface area contributed by atoms with Crippen LogP contribution in [0.25, 0.3) is 5.57 Å². The molecule has 0 amide bonds. The van der Waals surface area contributed by atoms with E-state index in [9.17, 15) is 14.7 Å². The van der Waals surface area contributed by atoms with Crippen LogP contribution in [0.3, 0.4) is 0 Å². The molecule has 0 fully saturated rings. The van der Waals surface area contributed by atoms with Crippen LogP contribution in [0, 0.1) is 11.8 Å². The minimum atomic E-state index is -0.111. The number of phenols is 1. The van der Waals surface area contributed by atoms with E-state index < -0.39 is 0 Å². The van der Waals surface area contributed by atoms with Gasteiger partial charge in [0.25, 0.3) is 0 Å². The number of carbonyl (C=O) groups is 2. The topological polar surface area (TPSA) is 54.4 Å². The zero-order valence-electron chi connectivity index (χ0n) is 23.8. The molecule has 3 nitrogen and oxygen atoms in total. The minimum Gasteiger partial charge on any atom is -0.507 e. The van der Waals surface area contributed by atoms with Gasteiger partial charge in [0.05, 0.1) is 0 Å². The number of aromatic hydroxyl groups is 1. The molecule has 3 heteroatoms. The molecule has 0 aliphatic rings. The van der Waals surface area contributed by atoms with Crippen LogP contribution < -0.4 is 0 Å². The second-order valence-corrected chi connectivity index (χ2v) is 10.9. The molecular weight excluding hydrogens is 456 g/mol. The molecule has 2 aromatic rings. The van der Waals surface area contributed by atoms with Crippen molar-refractivity contribution in [3.63, 3.8) is 0 Å². The third kappa shape index (κ3) is 9.95. The van der Waals surface area contributed by atoms with Gasteiger partial charge in [-0.25, -0.2) is 0 Å². The van der Waals surface area contributed by atoms with Crippen molar-refractivity contribution >= 4 is 17.1 Å². The fourth-order valence-electron chi connectivity index (χ4n) is 4.80. The van der Waals surface area contributed by atoms with Gasteiger partial charge in [-0.2, -0.15) is 0 Å². The summed E-state index contributed by atoms with van der Waals surface area (Å²) in [5.74, 6) is 0.882. The largest absolute Gasteiger partial charge is 0.507 e. The fraction of sp³-hybridized carbons (Fsp3) is 0.529. The first kappa shape index (κ1) is 30.5. The lowest BCUT2D eigenvalue weighted by Crippen LogP contribution is -2.08. The van der Waals surface area contributed by atoms with Crippen LogP contribution in [-0.4, -0.2) is 16.7 Å². The van der Waals surface area contributed by atoms with Crippen molar-refractivity contribution in [1.29, 1.82) is 0 Å². The number of Topliss-reactive ketones (excluding diaryl/α,β-unsaturated/α-hetero) is 2. The highest BCUT2D eigenvalue weighted by Crippen LogP contribution is 2.31. The van der Waals surface area contributed by atoms with Crippen molar-refractivity contribution in [1.82, 2.24) is 0 Å². The van der Waals surface area contributed by atoms with E-state index in [1.807, 2.05) is 32.1 Å². The summed E-state index contributed by atoms with van der Waals surface area (Å²) in [6.45, 7) is 10.6. The van der Waals surface area contributed by atoms with E-state index in [-0.39, 0.29) is 23.2 Å². The summed E-state index contributed by atoms with van der Waals surface area (Å²) in [5, 5.41) is 10.7. The molecule has 1 N–H and O–H groups in total. The number of phenolic OH excluding ortho intramolecular Hbond substituents is 1. The van der Waals surface area contributed by atoms with Crippen molar-refractivity contribution in [3.05, 3.63) is 70.8 Å². The molecular formula is C34H48O3. The Hall–Kier alpha value is -2.68. The highest BCUT2D eigenvalue weighted by molar-refractivity contribution is 6.29. The normalized spacial score (nSPS) is 11.9. The third-order valence-electron chi connectivity index (χ3n) is 7.03. The first-order chi connectivity index (χ1) is 17.8. The van der Waals surface area contributed by atoms with Gasteiger partial charge in [-0.3, -0.25) is 9.59 Å². The van der Waals surface area contributed by atoms with Crippen LogP contribution in [-0.2, 0) is 6.42 Å². The van der Waals surface area contributed by atoms with Gasteiger partial charge in [0.15, 0.2) is 11.6 Å². The molecule has 0 aliphatic heterocycles. The van der Waals surface area contributed by atoms with Gasteiger partial charge >= 0.3 is 0 Å². The SMILES string of the molecule is CCCC/C=C(\C(=O)c1ccc(CC(CCCC)CCCC)cc1)c1cc(C(=O)CC(C)C)ccc1O. The highest BCUT2D eigenvalue weighted by atomic mass is 16.3. The fourth-order valence-corrected chi connectivity index (χ4v) is 4.80. The number of rotatable bonds is 17. The zero-order valence-corrected chi connectivity index (χ0v) is 23.8. The summed E-state index contributed by atoms with van der Waals surface area (Å²) in [6, 6.07) is 12.9. The summed E-state index contributed by atoms with van der Waals surface area (Å²) in [6.07, 6.45) is 13.6. The number of hydrogen-bond acceptors (Lipinski definition) is 3. The van der Waals surface area contributed by atoms with E-state index in [1.54, 1.807) is 18.2 Å². The summed E-state index contributed by atoms with van der Waals surface area (Å²) in [5.41, 5.74) is 3.34. The Labute approximate surface area is 225 Å². The van der Waals surface area contributed by atoms with E-state index in [4.69, 9.17) is 0 Å². The number of benzene rings is 2. The van der Waals surface area contributed by atoms with Crippen molar-refractivity contribution in [2.45, 2.75) is 105 Å². The highest BCUT2D eigenvalue weighted by Gasteiger charge is 2.20. The molecule has 202 valence electrons. The smallest absolute Gasteiger partial charge is 0.193 e. The van der Waals surface area contributed by atoms with E-state index in [0.29, 0.717) is 34.6 Å². The second-order valence-electron chi connectivity index (χ2n) is 10.9. The van der Waals surface area contributed by atoms with Gasteiger partial charge in [-0.05, 0) is 48.4 Å². The van der Waals surface area contributed by atoms with Gasteiger partial charge < -0.3 is 5.11 Å². The van der Waals surface area contributed by atoms with Crippen LogP contribution >= 0.6 is 0 Å². The average Bonchev–Trinajstić information content (AvgIpc) is 2.88. The molecule has 0 saturated carbocycles. The predicted molar refractivity (Wildman–Crippen MR) is 156 cm³/mol. The maximum Gasteiger partial charge on any atom is 0.193 e. The molecule has 0 heterocycles. The van der Waals surface area contributed by atoms with Crippen LogP contribution in [0.5, 0.6) is 5.75 Å². The molecule has 0 aromatic heterocycles. The Kier molecular flexibility index (Phi) is 13.4. The number of ketones is 2. The molecule has 37 heavy (non-hydrogen) atoms. The lowest BCUT2D eigenvalue weighted by Gasteiger charge is -2.17. The minimum absolute atomic E-state index is 0.0293. The van der Waals surface area contributed by atoms with Crippen LogP contribution in [0.4, 0.5) is 0 Å². The molecule has 0 atom stereocenters. The summed E-state index contributed by atoms with van der Waals surface area (Å²) >= 11 is 0. The van der Waals surface area contributed by atoms with Gasteiger partial charge in [0.1, 0.15) is 5.75 Å². The van der Waals surface area contributed by atoms with Gasteiger partial charge in [-0.15, -0.1) is 0 Å². The monoisotopic (exact) mass is 504 g/mol. The Morgan fingerprint density at radius 1 is 0.838 bits per heavy atom. The predicted octanol–water partition coefficient (Wildman–Crippen LogP) is 9.62. The van der Waals surface area contributed by atoms with E-state index in [1.165, 1.54) is 44.1 Å². The first-order valence-corrected chi connectivity index (χ1v) is 14.5. The van der Waals surface area contributed by atoms with E-state index >= 15 is 0 Å². The molecule has 0 saturated heterocycles. The number of unbranched alkanes of at least 4 members (excludes halogenated alkanes) is 4. The van der Waals surface area contributed by atoms with E-state index in [0.717, 1.165) is 25.7 Å². The van der Waals surface area contributed by atoms with Crippen LogP contribution in [0.1, 0.15) is 131 Å². The van der Waals surface area contributed by atoms with Crippen LogP contribution in [0.15, 0.2) is 48.5 Å². The van der Waals surface area contributed by atoms with Gasteiger partial charge in [0.2, 0.25) is 0 Å². The maximum absolute atomic E-state index is 13.7. The quantitative estimate of drug-likeness (QED) is 0.132. The van der Waals surface area contributed by atoms with E-state index in [2.05, 4.69) is 32.9 Å².